The number of aryl methyl sites for hydroxylation is 1. The Hall–Kier alpha value is -2.24. The van der Waals surface area contributed by atoms with E-state index in [0.717, 1.165) is 36.9 Å². The van der Waals surface area contributed by atoms with Gasteiger partial charge < -0.3 is 5.32 Å². The van der Waals surface area contributed by atoms with Crippen molar-refractivity contribution in [3.05, 3.63) is 34.0 Å². The predicted molar refractivity (Wildman–Crippen MR) is 97.5 cm³/mol. The summed E-state index contributed by atoms with van der Waals surface area (Å²) in [6, 6.07) is 1.93. The molecule has 25 heavy (non-hydrogen) atoms. The zero-order valence-electron chi connectivity index (χ0n) is 15.2. The van der Waals surface area contributed by atoms with Crippen molar-refractivity contribution in [2.24, 2.45) is 11.8 Å². The first-order valence-electron chi connectivity index (χ1n) is 9.08. The number of hydrogen-bond donors (Lipinski definition) is 1. The first-order valence-corrected chi connectivity index (χ1v) is 9.08. The van der Waals surface area contributed by atoms with E-state index in [1.807, 2.05) is 6.07 Å². The van der Waals surface area contributed by atoms with Crippen molar-refractivity contribution in [3.8, 4) is 0 Å². The summed E-state index contributed by atoms with van der Waals surface area (Å²) in [7, 11) is 0. The molecule has 1 aliphatic carbocycles. The molecule has 0 aromatic carbocycles. The van der Waals surface area contributed by atoms with Gasteiger partial charge in [0.2, 0.25) is 5.91 Å². The number of hydrogen-bond acceptors (Lipinski definition) is 4. The summed E-state index contributed by atoms with van der Waals surface area (Å²) in [5, 5.41) is 3.36. The van der Waals surface area contributed by atoms with Gasteiger partial charge >= 0.3 is 0 Å². The second kappa shape index (κ2) is 7.33. The van der Waals surface area contributed by atoms with Crippen LogP contribution >= 0.6 is 0 Å². The molecule has 1 amide bonds. The number of aromatic nitrogens is 3. The summed E-state index contributed by atoms with van der Waals surface area (Å²) in [5.74, 6) is 0.978. The summed E-state index contributed by atoms with van der Waals surface area (Å²) in [6.45, 7) is 7.06. The zero-order chi connectivity index (χ0) is 18.0. The van der Waals surface area contributed by atoms with Gasteiger partial charge in [-0.05, 0) is 49.1 Å². The molecule has 1 aliphatic rings. The number of carbonyl (C=O) groups is 1. The maximum absolute atomic E-state index is 12.7. The fourth-order valence-corrected chi connectivity index (χ4v) is 3.25. The Morgan fingerprint density at radius 1 is 1.44 bits per heavy atom. The maximum atomic E-state index is 12.7. The topological polar surface area (TPSA) is 76.9 Å². The standard InChI is InChI=1S/C19H26N4O2/c1-12(2)6-7-20-17(24)10-23-11-21-18-15(19(23)25)9-14-8-13(3)4-5-16(14)22-18/h9,11-13H,4-8,10H2,1-3H3,(H,20,24)/t13-/m1/s1. The van der Waals surface area contributed by atoms with E-state index in [1.165, 1.54) is 10.9 Å². The smallest absolute Gasteiger partial charge is 0.263 e. The number of fused-ring (bicyclic) bond motifs is 2. The Bertz CT molecular complexity index is 841. The molecule has 0 bridgehead atoms. The van der Waals surface area contributed by atoms with Crippen LogP contribution in [0.1, 0.15) is 44.9 Å². The molecule has 0 saturated heterocycles. The first-order chi connectivity index (χ1) is 11.9. The molecule has 0 aliphatic heterocycles. The minimum Gasteiger partial charge on any atom is -0.355 e. The fraction of sp³-hybridized carbons (Fsp3) is 0.579. The quantitative estimate of drug-likeness (QED) is 0.902. The van der Waals surface area contributed by atoms with Crippen LogP contribution in [0.2, 0.25) is 0 Å². The van der Waals surface area contributed by atoms with Gasteiger partial charge in [-0.1, -0.05) is 20.8 Å². The highest BCUT2D eigenvalue weighted by Gasteiger charge is 2.19. The lowest BCUT2D eigenvalue weighted by Gasteiger charge is -2.20. The Morgan fingerprint density at radius 3 is 3.00 bits per heavy atom. The average Bonchev–Trinajstić information content (AvgIpc) is 2.56. The van der Waals surface area contributed by atoms with Gasteiger partial charge in [-0.15, -0.1) is 0 Å². The fourth-order valence-electron chi connectivity index (χ4n) is 3.25. The highest BCUT2D eigenvalue weighted by atomic mass is 16.2. The largest absolute Gasteiger partial charge is 0.355 e. The molecule has 1 atom stereocenters. The van der Waals surface area contributed by atoms with Crippen LogP contribution in [0.5, 0.6) is 0 Å². The van der Waals surface area contributed by atoms with Gasteiger partial charge in [0, 0.05) is 12.2 Å². The third-order valence-electron chi connectivity index (χ3n) is 4.78. The number of pyridine rings is 1. The lowest BCUT2D eigenvalue weighted by atomic mass is 9.87. The van der Waals surface area contributed by atoms with Crippen LogP contribution < -0.4 is 10.9 Å². The second-order valence-electron chi connectivity index (χ2n) is 7.52. The number of nitrogens with one attached hydrogen (secondary N) is 1. The molecule has 2 heterocycles. The van der Waals surface area contributed by atoms with Crippen LogP contribution in [0.3, 0.4) is 0 Å². The van der Waals surface area contributed by atoms with E-state index >= 15 is 0 Å². The Kier molecular flexibility index (Phi) is 5.16. The van der Waals surface area contributed by atoms with E-state index in [2.05, 4.69) is 36.1 Å². The van der Waals surface area contributed by atoms with Crippen molar-refractivity contribution in [1.29, 1.82) is 0 Å². The molecule has 1 N–H and O–H groups in total. The Balaban J connectivity index is 1.82. The molecule has 0 saturated carbocycles. The van der Waals surface area contributed by atoms with Crippen molar-refractivity contribution in [1.82, 2.24) is 19.9 Å². The van der Waals surface area contributed by atoms with E-state index in [9.17, 15) is 9.59 Å². The SMILES string of the molecule is CC(C)CCNC(=O)Cn1cnc2nc3c(cc2c1=O)C[C@H](C)CC3. The van der Waals surface area contributed by atoms with Crippen LogP contribution in [0, 0.1) is 11.8 Å². The summed E-state index contributed by atoms with van der Waals surface area (Å²) >= 11 is 0. The van der Waals surface area contributed by atoms with Gasteiger partial charge in [0.1, 0.15) is 12.9 Å². The van der Waals surface area contributed by atoms with Crippen LogP contribution in [0.4, 0.5) is 0 Å². The van der Waals surface area contributed by atoms with E-state index < -0.39 is 0 Å². The van der Waals surface area contributed by atoms with Crippen molar-refractivity contribution in [3.63, 3.8) is 0 Å². The lowest BCUT2D eigenvalue weighted by molar-refractivity contribution is -0.121. The summed E-state index contributed by atoms with van der Waals surface area (Å²) in [6.07, 6.45) is 5.36. The van der Waals surface area contributed by atoms with Gasteiger partial charge in [-0.2, -0.15) is 0 Å². The molecule has 3 rings (SSSR count). The van der Waals surface area contributed by atoms with Gasteiger partial charge in [-0.3, -0.25) is 14.2 Å². The van der Waals surface area contributed by atoms with Gasteiger partial charge in [0.05, 0.1) is 5.39 Å². The van der Waals surface area contributed by atoms with E-state index in [-0.39, 0.29) is 18.0 Å². The highest BCUT2D eigenvalue weighted by molar-refractivity contribution is 5.77. The monoisotopic (exact) mass is 342 g/mol. The van der Waals surface area contributed by atoms with Gasteiger partial charge in [-0.25, -0.2) is 9.97 Å². The predicted octanol–water partition coefficient (Wildman–Crippen LogP) is 2.08. The molecule has 2 aromatic rings. The highest BCUT2D eigenvalue weighted by Crippen LogP contribution is 2.25. The first kappa shape index (κ1) is 17.6. The van der Waals surface area contributed by atoms with Gasteiger partial charge in [0.15, 0.2) is 5.65 Å². The minimum atomic E-state index is -0.197. The lowest BCUT2D eigenvalue weighted by Crippen LogP contribution is -2.33. The molecule has 0 fully saturated rings. The molecule has 134 valence electrons. The van der Waals surface area contributed by atoms with Gasteiger partial charge in [0.25, 0.3) is 5.56 Å². The number of rotatable bonds is 5. The summed E-state index contributed by atoms with van der Waals surface area (Å²) < 4.78 is 1.37. The molecular weight excluding hydrogens is 316 g/mol. The maximum Gasteiger partial charge on any atom is 0.263 e. The van der Waals surface area contributed by atoms with Crippen molar-refractivity contribution in [2.45, 2.75) is 53.0 Å². The van der Waals surface area contributed by atoms with E-state index in [1.54, 1.807) is 0 Å². The molecular formula is C19H26N4O2. The Morgan fingerprint density at radius 2 is 2.24 bits per heavy atom. The van der Waals surface area contributed by atoms with Crippen LogP contribution in [0.25, 0.3) is 11.0 Å². The van der Waals surface area contributed by atoms with Crippen molar-refractivity contribution < 1.29 is 4.79 Å². The van der Waals surface area contributed by atoms with Crippen LogP contribution in [-0.2, 0) is 24.2 Å². The Labute approximate surface area is 147 Å². The van der Waals surface area contributed by atoms with Crippen molar-refractivity contribution in [2.75, 3.05) is 6.54 Å². The van der Waals surface area contributed by atoms with Crippen molar-refractivity contribution >= 4 is 16.9 Å². The molecule has 6 nitrogen and oxygen atoms in total. The van der Waals surface area contributed by atoms with Crippen LogP contribution in [0.15, 0.2) is 17.2 Å². The third-order valence-corrected chi connectivity index (χ3v) is 4.78. The third kappa shape index (κ3) is 4.06. The number of nitrogens with zero attached hydrogens (tertiary/aromatic N) is 3. The molecule has 6 heteroatoms. The number of amides is 1. The zero-order valence-corrected chi connectivity index (χ0v) is 15.2. The molecule has 0 unspecified atom stereocenters. The van der Waals surface area contributed by atoms with E-state index in [4.69, 9.17) is 0 Å². The summed E-state index contributed by atoms with van der Waals surface area (Å²) in [4.78, 5) is 33.6. The number of carbonyl (C=O) groups excluding carboxylic acids is 1. The molecule has 2 aromatic heterocycles. The molecule has 0 radical (unpaired) electrons. The summed E-state index contributed by atoms with van der Waals surface area (Å²) in [5.41, 5.74) is 2.48. The minimum absolute atomic E-state index is 0.00659. The molecule has 0 spiro atoms. The van der Waals surface area contributed by atoms with E-state index in [0.29, 0.717) is 29.4 Å². The second-order valence-corrected chi connectivity index (χ2v) is 7.52. The average molecular weight is 342 g/mol. The van der Waals surface area contributed by atoms with Crippen LogP contribution in [-0.4, -0.2) is 27.0 Å². The normalized spacial score (nSPS) is 16.9.